The zero-order valence-electron chi connectivity index (χ0n) is 22.5. The number of pyridine rings is 1. The van der Waals surface area contributed by atoms with Crippen LogP contribution in [0, 0.1) is 11.3 Å². The summed E-state index contributed by atoms with van der Waals surface area (Å²) in [5, 5.41) is 17.4. The number of alkyl halides is 6. The predicted molar refractivity (Wildman–Crippen MR) is 132 cm³/mol. The fourth-order valence-corrected chi connectivity index (χ4v) is 5.61. The number of nitrogens with zero attached hydrogens (tertiary/aromatic N) is 4. The molecule has 14 heteroatoms. The predicted octanol–water partition coefficient (Wildman–Crippen LogP) is 6.10. The molecule has 2 aromatic heterocycles. The largest absolute Gasteiger partial charge is 0.426 e. The van der Waals surface area contributed by atoms with E-state index in [0.29, 0.717) is 24.8 Å². The van der Waals surface area contributed by atoms with E-state index >= 15 is 0 Å². The van der Waals surface area contributed by atoms with Crippen molar-refractivity contribution in [3.8, 4) is 11.6 Å². The summed E-state index contributed by atoms with van der Waals surface area (Å²) in [6, 6.07) is 0.126. The van der Waals surface area contributed by atoms with Gasteiger partial charge in [0.1, 0.15) is 5.69 Å². The first-order chi connectivity index (χ1) is 18.4. The Morgan fingerprint density at radius 2 is 1.65 bits per heavy atom. The molecule has 2 aromatic rings. The molecule has 1 amide bonds. The van der Waals surface area contributed by atoms with E-state index in [1.165, 1.54) is 4.90 Å². The van der Waals surface area contributed by atoms with Gasteiger partial charge in [0.05, 0.1) is 11.3 Å². The normalized spacial score (nSPS) is 25.6. The summed E-state index contributed by atoms with van der Waals surface area (Å²) in [4.78, 5) is 19.0. The van der Waals surface area contributed by atoms with Crippen molar-refractivity contribution in [2.75, 3.05) is 12.3 Å². The summed E-state index contributed by atoms with van der Waals surface area (Å²) in [5.74, 6) is -2.50. The lowest BCUT2D eigenvalue weighted by Crippen LogP contribution is -2.45. The van der Waals surface area contributed by atoms with Gasteiger partial charge in [-0.15, -0.1) is 10.2 Å². The van der Waals surface area contributed by atoms with Crippen LogP contribution in [0.2, 0.25) is 0 Å². The Hall–Kier alpha value is -2.90. The highest BCUT2D eigenvalue weighted by molar-refractivity contribution is 5.95. The molecule has 1 saturated carbocycles. The molecule has 3 N–H and O–H groups in total. The fourth-order valence-electron chi connectivity index (χ4n) is 5.61. The Balaban J connectivity index is 1.81. The molecule has 0 saturated heterocycles. The molecule has 1 aliphatic carbocycles. The fraction of sp³-hybridized carbons (Fsp3) is 0.692. The molecular weight excluding hydrogens is 544 g/mol. The molecule has 0 spiro atoms. The third kappa shape index (κ3) is 5.77. The van der Waals surface area contributed by atoms with Gasteiger partial charge in [0.2, 0.25) is 5.60 Å². The van der Waals surface area contributed by atoms with Gasteiger partial charge in [0.15, 0.2) is 5.69 Å². The summed E-state index contributed by atoms with van der Waals surface area (Å²) in [5.41, 5.74) is -1.17. The van der Waals surface area contributed by atoms with E-state index in [-0.39, 0.29) is 37.3 Å². The average Bonchev–Trinajstić information content (AvgIpc) is 3.34. The van der Waals surface area contributed by atoms with E-state index < -0.39 is 64.7 Å². The summed E-state index contributed by atoms with van der Waals surface area (Å²) < 4.78 is 89.1. The van der Waals surface area contributed by atoms with Crippen LogP contribution in [0.3, 0.4) is 0 Å². The number of amides is 1. The highest BCUT2D eigenvalue weighted by Crippen LogP contribution is 2.44. The molecule has 1 atom stereocenters. The molecule has 4 bridgehead atoms. The minimum absolute atomic E-state index is 0.0191. The molecule has 40 heavy (non-hydrogen) atoms. The van der Waals surface area contributed by atoms with Gasteiger partial charge in [0, 0.05) is 12.6 Å². The van der Waals surface area contributed by atoms with Crippen molar-refractivity contribution in [2.45, 2.75) is 96.1 Å². The highest BCUT2D eigenvalue weighted by atomic mass is 19.4. The van der Waals surface area contributed by atoms with Gasteiger partial charge < -0.3 is 20.2 Å². The van der Waals surface area contributed by atoms with Crippen LogP contribution < -0.4 is 5.73 Å². The van der Waals surface area contributed by atoms with Crippen molar-refractivity contribution in [2.24, 2.45) is 11.3 Å². The van der Waals surface area contributed by atoms with Crippen LogP contribution in [0.4, 0.5) is 32.0 Å². The average molecular weight is 578 g/mol. The number of rotatable bonds is 1. The van der Waals surface area contributed by atoms with Gasteiger partial charge in [-0.1, -0.05) is 27.2 Å². The second kappa shape index (κ2) is 10.5. The highest BCUT2D eigenvalue weighted by Gasteiger charge is 2.58. The van der Waals surface area contributed by atoms with Crippen molar-refractivity contribution in [3.63, 3.8) is 0 Å². The molecule has 1 fully saturated rings. The van der Waals surface area contributed by atoms with Crippen molar-refractivity contribution in [1.82, 2.24) is 20.1 Å². The number of aromatic nitrogens is 3. The van der Waals surface area contributed by atoms with Crippen molar-refractivity contribution >= 4 is 11.6 Å². The standard InChI is InChI=1S/C26H33F6N5O3/c1-23(2,3)14-7-9-15(10-8-14)37-12-6-4-5-11-24(39,26(30,31)32)22-36-35-20(40-22)19-17(33)13-16(25(27,28)29)18(34-19)21(37)38/h13-15,39H,4-12,33H2,1-3H3/t14?,15?,24-/m1/s1. The Labute approximate surface area is 227 Å². The molecule has 2 aliphatic rings. The first-order valence-electron chi connectivity index (χ1n) is 13.3. The molecule has 3 heterocycles. The lowest BCUT2D eigenvalue weighted by Gasteiger charge is -2.41. The Morgan fingerprint density at radius 1 is 1.00 bits per heavy atom. The minimum atomic E-state index is -5.17. The first kappa shape index (κ1) is 30.1. The lowest BCUT2D eigenvalue weighted by molar-refractivity contribution is -0.277. The van der Waals surface area contributed by atoms with E-state index in [2.05, 4.69) is 36.0 Å². The van der Waals surface area contributed by atoms with E-state index in [1.54, 1.807) is 0 Å². The van der Waals surface area contributed by atoms with E-state index in [9.17, 15) is 36.2 Å². The Morgan fingerprint density at radius 3 is 2.23 bits per heavy atom. The molecule has 222 valence electrons. The smallest absolute Gasteiger partial charge is 0.416 e. The number of hydrogen-bond donors (Lipinski definition) is 2. The van der Waals surface area contributed by atoms with Crippen LogP contribution in [0.15, 0.2) is 10.5 Å². The summed E-state index contributed by atoms with van der Waals surface area (Å²) >= 11 is 0. The van der Waals surface area contributed by atoms with Gasteiger partial charge in [-0.05, 0) is 62.3 Å². The summed E-state index contributed by atoms with van der Waals surface area (Å²) in [6.45, 7) is 6.37. The number of fused-ring (bicyclic) bond motifs is 5. The maximum Gasteiger partial charge on any atom is 0.426 e. The Kier molecular flexibility index (Phi) is 7.89. The first-order valence-corrected chi connectivity index (χ1v) is 13.3. The lowest BCUT2D eigenvalue weighted by atomic mass is 9.71. The number of carbonyl (C=O) groups excluding carboxylic acids is 1. The number of nitrogen functional groups attached to an aromatic ring is 1. The molecule has 4 rings (SSSR count). The molecule has 0 aromatic carbocycles. The second-order valence-electron chi connectivity index (χ2n) is 11.8. The van der Waals surface area contributed by atoms with Crippen molar-refractivity contribution in [3.05, 3.63) is 23.2 Å². The monoisotopic (exact) mass is 577 g/mol. The second-order valence-corrected chi connectivity index (χ2v) is 11.8. The SMILES string of the molecule is CC(C)(C)C1CCC(N2CCCCC[C@](O)(C(F)(F)F)c3nnc(o3)-c3nc(c(C(F)(F)F)cc3N)C2=O)CC1. The third-order valence-corrected chi connectivity index (χ3v) is 8.07. The number of halogens is 6. The maximum absolute atomic E-state index is 14.1. The van der Waals surface area contributed by atoms with Crippen LogP contribution in [0.1, 0.15) is 94.1 Å². The van der Waals surface area contributed by atoms with Crippen LogP contribution in [-0.4, -0.2) is 49.9 Å². The third-order valence-electron chi connectivity index (χ3n) is 8.07. The Bertz CT molecular complexity index is 1230. The molecule has 1 aliphatic heterocycles. The summed E-state index contributed by atoms with van der Waals surface area (Å²) in [7, 11) is 0. The van der Waals surface area contributed by atoms with Crippen LogP contribution in [-0.2, 0) is 11.8 Å². The van der Waals surface area contributed by atoms with Crippen LogP contribution >= 0.6 is 0 Å². The van der Waals surface area contributed by atoms with Gasteiger partial charge in [-0.25, -0.2) is 4.98 Å². The van der Waals surface area contributed by atoms with Gasteiger partial charge in [-0.2, -0.15) is 26.3 Å². The number of aliphatic hydroxyl groups is 1. The van der Waals surface area contributed by atoms with Gasteiger partial charge in [-0.3, -0.25) is 4.79 Å². The molecule has 8 nitrogen and oxygen atoms in total. The maximum atomic E-state index is 14.1. The molecule has 0 unspecified atom stereocenters. The van der Waals surface area contributed by atoms with Crippen molar-refractivity contribution in [1.29, 1.82) is 0 Å². The molecular formula is C26H33F6N5O3. The topological polar surface area (TPSA) is 118 Å². The number of carbonyl (C=O) groups is 1. The van der Waals surface area contributed by atoms with Crippen molar-refractivity contribution < 1.29 is 40.7 Å². The molecule has 0 radical (unpaired) electrons. The van der Waals surface area contributed by atoms with Crippen LogP contribution in [0.5, 0.6) is 0 Å². The zero-order chi connectivity index (χ0) is 29.7. The van der Waals surface area contributed by atoms with E-state index in [4.69, 9.17) is 10.2 Å². The number of hydrogen-bond acceptors (Lipinski definition) is 7. The number of anilines is 1. The zero-order valence-corrected chi connectivity index (χ0v) is 22.5. The van der Waals surface area contributed by atoms with Crippen LogP contribution in [0.25, 0.3) is 11.6 Å². The number of nitrogens with two attached hydrogens (primary N) is 1. The minimum Gasteiger partial charge on any atom is -0.416 e. The quantitative estimate of drug-likeness (QED) is 0.393. The van der Waals surface area contributed by atoms with E-state index in [0.717, 1.165) is 12.8 Å². The van der Waals surface area contributed by atoms with Gasteiger partial charge in [0.25, 0.3) is 17.7 Å². The van der Waals surface area contributed by atoms with Gasteiger partial charge >= 0.3 is 12.4 Å². The van der Waals surface area contributed by atoms with E-state index in [1.807, 2.05) is 0 Å². The summed E-state index contributed by atoms with van der Waals surface area (Å²) in [6.07, 6.45) is -8.04.